The molecule has 0 saturated carbocycles. The molecule has 0 aromatic heterocycles. The van der Waals surface area contributed by atoms with Gasteiger partial charge in [-0.15, -0.1) is 0 Å². The van der Waals surface area contributed by atoms with Crippen molar-refractivity contribution in [2.45, 2.75) is 19.4 Å². The van der Waals surface area contributed by atoms with Gasteiger partial charge in [0.25, 0.3) is 5.91 Å². The number of carboxylic acids is 1. The van der Waals surface area contributed by atoms with Crippen LogP contribution < -0.4 is 4.90 Å². The van der Waals surface area contributed by atoms with Gasteiger partial charge in [0.05, 0.1) is 5.69 Å². The number of carbonyl (C=O) groups excluding carboxylic acids is 1. The summed E-state index contributed by atoms with van der Waals surface area (Å²) in [6.07, 6.45) is -0.441. The van der Waals surface area contributed by atoms with Gasteiger partial charge in [0, 0.05) is 5.56 Å². The van der Waals surface area contributed by atoms with E-state index < -0.39 is 24.5 Å². The highest BCUT2D eigenvalue weighted by Gasteiger charge is 2.36. The smallest absolute Gasteiger partial charge is 0.323 e. The first-order chi connectivity index (χ1) is 8.04. The van der Waals surface area contributed by atoms with Gasteiger partial charge in [0.2, 0.25) is 0 Å². The van der Waals surface area contributed by atoms with Gasteiger partial charge in [0.1, 0.15) is 6.54 Å². The minimum absolute atomic E-state index is 0.422. The summed E-state index contributed by atoms with van der Waals surface area (Å²) in [7, 11) is 0. The van der Waals surface area contributed by atoms with E-state index in [0.29, 0.717) is 11.3 Å². The lowest BCUT2D eigenvalue weighted by atomic mass is 10.1. The summed E-state index contributed by atoms with van der Waals surface area (Å²) in [4.78, 5) is 23.5. The SMILES string of the molecule is CCc1ccc2c(c1)[C@@H](O)C(=O)N2CC(=O)O. The topological polar surface area (TPSA) is 77.8 Å². The highest BCUT2D eigenvalue weighted by molar-refractivity contribution is 6.06. The van der Waals surface area contributed by atoms with E-state index in [4.69, 9.17) is 5.11 Å². The Bertz CT molecular complexity index is 483. The summed E-state index contributed by atoms with van der Waals surface area (Å²) in [6.45, 7) is 1.55. The average Bonchev–Trinajstić information content (AvgIpc) is 2.54. The van der Waals surface area contributed by atoms with Crippen molar-refractivity contribution in [3.05, 3.63) is 29.3 Å². The monoisotopic (exact) mass is 235 g/mol. The van der Waals surface area contributed by atoms with Crippen LogP contribution in [0.5, 0.6) is 0 Å². The van der Waals surface area contributed by atoms with Crippen molar-refractivity contribution in [1.82, 2.24) is 0 Å². The normalized spacial score (nSPS) is 18.4. The first kappa shape index (κ1) is 11.6. The fourth-order valence-corrected chi connectivity index (χ4v) is 1.99. The number of aryl methyl sites for hydroxylation is 1. The molecule has 5 nitrogen and oxygen atoms in total. The number of aliphatic carboxylic acids is 1. The van der Waals surface area contributed by atoms with E-state index in [2.05, 4.69) is 0 Å². The van der Waals surface area contributed by atoms with Gasteiger partial charge in [-0.1, -0.05) is 19.1 Å². The maximum absolute atomic E-state index is 11.7. The first-order valence-corrected chi connectivity index (χ1v) is 5.38. The third-order valence-corrected chi connectivity index (χ3v) is 2.88. The number of rotatable bonds is 3. The second kappa shape index (κ2) is 4.18. The van der Waals surface area contributed by atoms with E-state index in [0.717, 1.165) is 16.9 Å². The molecule has 0 fully saturated rings. The molecule has 5 heteroatoms. The summed E-state index contributed by atoms with van der Waals surface area (Å²) < 4.78 is 0. The molecule has 1 amide bonds. The molecule has 0 saturated heterocycles. The molecule has 0 unspecified atom stereocenters. The summed E-state index contributed by atoms with van der Waals surface area (Å²) >= 11 is 0. The third-order valence-electron chi connectivity index (χ3n) is 2.88. The lowest BCUT2D eigenvalue weighted by Gasteiger charge is -2.14. The molecule has 2 rings (SSSR count). The molecule has 1 aliphatic rings. The molecule has 1 aliphatic heterocycles. The van der Waals surface area contributed by atoms with Crippen LogP contribution in [0.15, 0.2) is 18.2 Å². The molecular weight excluding hydrogens is 222 g/mol. The number of hydrogen-bond donors (Lipinski definition) is 2. The number of carbonyl (C=O) groups is 2. The van der Waals surface area contributed by atoms with Crippen molar-refractivity contribution in [1.29, 1.82) is 0 Å². The molecule has 0 aliphatic carbocycles. The zero-order chi connectivity index (χ0) is 12.6. The number of fused-ring (bicyclic) bond motifs is 1. The minimum Gasteiger partial charge on any atom is -0.480 e. The molecule has 2 N–H and O–H groups in total. The van der Waals surface area contributed by atoms with Gasteiger partial charge in [-0.2, -0.15) is 0 Å². The Morgan fingerprint density at radius 2 is 2.18 bits per heavy atom. The lowest BCUT2D eigenvalue weighted by Crippen LogP contribution is -2.33. The average molecular weight is 235 g/mol. The van der Waals surface area contributed by atoms with Gasteiger partial charge < -0.3 is 10.2 Å². The number of nitrogens with zero attached hydrogens (tertiary/aromatic N) is 1. The standard InChI is InChI=1S/C12H13NO4/c1-2-7-3-4-9-8(5-7)11(16)12(17)13(9)6-10(14)15/h3-5,11,16H,2,6H2,1H3,(H,14,15)/t11-/m1/s1. The molecular formula is C12H13NO4. The molecule has 0 bridgehead atoms. The number of aliphatic hydroxyl groups is 1. The number of amides is 1. The van der Waals surface area contributed by atoms with Crippen LogP contribution in [0.25, 0.3) is 0 Å². The maximum Gasteiger partial charge on any atom is 0.323 e. The number of anilines is 1. The van der Waals surface area contributed by atoms with Crippen molar-refractivity contribution in [2.24, 2.45) is 0 Å². The van der Waals surface area contributed by atoms with Crippen molar-refractivity contribution >= 4 is 17.6 Å². The second-order valence-electron chi connectivity index (χ2n) is 3.97. The van der Waals surface area contributed by atoms with Crippen LogP contribution in [0.3, 0.4) is 0 Å². The molecule has 90 valence electrons. The number of aliphatic hydroxyl groups excluding tert-OH is 1. The first-order valence-electron chi connectivity index (χ1n) is 5.38. The van der Waals surface area contributed by atoms with E-state index >= 15 is 0 Å². The fourth-order valence-electron chi connectivity index (χ4n) is 1.99. The highest BCUT2D eigenvalue weighted by Crippen LogP contribution is 2.36. The van der Waals surface area contributed by atoms with E-state index in [1.54, 1.807) is 12.1 Å². The van der Waals surface area contributed by atoms with Crippen molar-refractivity contribution in [3.63, 3.8) is 0 Å². The zero-order valence-electron chi connectivity index (χ0n) is 9.38. The summed E-state index contributed by atoms with van der Waals surface area (Å²) in [5.74, 6) is -1.67. The number of carboxylic acid groups (broad SMARTS) is 1. The lowest BCUT2D eigenvalue weighted by molar-refractivity contribution is -0.137. The van der Waals surface area contributed by atoms with E-state index in [1.165, 1.54) is 0 Å². The van der Waals surface area contributed by atoms with E-state index in [1.807, 2.05) is 13.0 Å². The molecule has 1 heterocycles. The van der Waals surface area contributed by atoms with E-state index in [9.17, 15) is 14.7 Å². The van der Waals surface area contributed by atoms with Crippen LogP contribution in [0.1, 0.15) is 24.2 Å². The Labute approximate surface area is 98.3 Å². The minimum atomic E-state index is -1.24. The van der Waals surface area contributed by atoms with Crippen LogP contribution in [0.2, 0.25) is 0 Å². The van der Waals surface area contributed by atoms with Gasteiger partial charge in [-0.05, 0) is 18.1 Å². The van der Waals surface area contributed by atoms with Crippen molar-refractivity contribution in [2.75, 3.05) is 11.4 Å². The van der Waals surface area contributed by atoms with Gasteiger partial charge in [-0.3, -0.25) is 14.5 Å². The van der Waals surface area contributed by atoms with Crippen LogP contribution in [-0.2, 0) is 16.0 Å². The molecule has 1 aromatic rings. The van der Waals surface area contributed by atoms with Crippen molar-refractivity contribution in [3.8, 4) is 0 Å². The quantitative estimate of drug-likeness (QED) is 0.809. The Balaban J connectivity index is 2.43. The van der Waals surface area contributed by atoms with E-state index in [-0.39, 0.29) is 0 Å². The van der Waals surface area contributed by atoms with Crippen LogP contribution >= 0.6 is 0 Å². The molecule has 1 aromatic carbocycles. The highest BCUT2D eigenvalue weighted by atomic mass is 16.4. The van der Waals surface area contributed by atoms with Gasteiger partial charge in [0.15, 0.2) is 6.10 Å². The Morgan fingerprint density at radius 1 is 1.47 bits per heavy atom. The zero-order valence-corrected chi connectivity index (χ0v) is 9.38. The Hall–Kier alpha value is -1.88. The van der Waals surface area contributed by atoms with Gasteiger partial charge >= 0.3 is 5.97 Å². The number of hydrogen-bond acceptors (Lipinski definition) is 3. The summed E-state index contributed by atoms with van der Waals surface area (Å²) in [5.41, 5.74) is 1.99. The van der Waals surface area contributed by atoms with Crippen molar-refractivity contribution < 1.29 is 19.8 Å². The molecule has 1 atom stereocenters. The number of benzene rings is 1. The predicted octanol–water partition coefficient (Wildman–Crippen LogP) is 0.714. The van der Waals surface area contributed by atoms with Crippen LogP contribution in [0, 0.1) is 0 Å². The molecule has 0 radical (unpaired) electrons. The Morgan fingerprint density at radius 3 is 2.76 bits per heavy atom. The molecule has 0 spiro atoms. The Kier molecular flexibility index (Phi) is 2.85. The van der Waals surface area contributed by atoms with Crippen LogP contribution in [0.4, 0.5) is 5.69 Å². The third kappa shape index (κ3) is 1.89. The molecule has 17 heavy (non-hydrogen) atoms. The largest absolute Gasteiger partial charge is 0.480 e. The fraction of sp³-hybridized carbons (Fsp3) is 0.333. The summed E-state index contributed by atoms with van der Waals surface area (Å²) in [6, 6.07) is 5.27. The predicted molar refractivity (Wildman–Crippen MR) is 60.8 cm³/mol. The van der Waals surface area contributed by atoms with Crippen LogP contribution in [-0.4, -0.2) is 28.6 Å². The maximum atomic E-state index is 11.7. The second-order valence-corrected chi connectivity index (χ2v) is 3.97. The summed E-state index contributed by atoms with van der Waals surface area (Å²) in [5, 5.41) is 18.5. The van der Waals surface area contributed by atoms with Gasteiger partial charge in [-0.25, -0.2) is 0 Å².